The molecule has 1 saturated heterocycles. The summed E-state index contributed by atoms with van der Waals surface area (Å²) >= 11 is 0. The van der Waals surface area contributed by atoms with Crippen LogP contribution in [0.2, 0.25) is 0 Å². The predicted octanol–water partition coefficient (Wildman–Crippen LogP) is -0.171. The third-order valence-electron chi connectivity index (χ3n) is 3.48. The van der Waals surface area contributed by atoms with E-state index in [4.69, 9.17) is 5.11 Å². The molecule has 1 atom stereocenters. The maximum Gasteiger partial charge on any atom is 0.339 e. The Morgan fingerprint density at radius 1 is 1.58 bits per heavy atom. The second-order valence-electron chi connectivity index (χ2n) is 4.82. The predicted molar refractivity (Wildman–Crippen MR) is 67.7 cm³/mol. The third-order valence-corrected chi connectivity index (χ3v) is 3.48. The van der Waals surface area contributed by atoms with E-state index in [1.807, 2.05) is 0 Å². The number of nitrogens with one attached hydrogen (secondary N) is 1. The van der Waals surface area contributed by atoms with Crippen molar-refractivity contribution in [1.29, 1.82) is 0 Å². The van der Waals surface area contributed by atoms with Crippen LogP contribution in [0, 0.1) is 0 Å². The molecule has 19 heavy (non-hydrogen) atoms. The zero-order valence-corrected chi connectivity index (χ0v) is 11.1. The summed E-state index contributed by atoms with van der Waals surface area (Å²) in [6, 6.07) is 0.194. The standard InChI is InChI=1S/C12H18N4O3/c1-15-7-8(3-4-11(15)17)13-6-10-9(12(18)19)5-14-16(10)2/h5,8,13H,3-4,6-7H2,1-2H3,(H,18,19). The number of hydrogen-bond donors (Lipinski definition) is 2. The molecular weight excluding hydrogens is 248 g/mol. The summed E-state index contributed by atoms with van der Waals surface area (Å²) in [6.45, 7) is 1.09. The van der Waals surface area contributed by atoms with Crippen molar-refractivity contribution in [2.45, 2.75) is 25.4 Å². The highest BCUT2D eigenvalue weighted by Gasteiger charge is 2.23. The second kappa shape index (κ2) is 5.40. The van der Waals surface area contributed by atoms with Crippen molar-refractivity contribution in [3.05, 3.63) is 17.5 Å². The van der Waals surface area contributed by atoms with E-state index in [-0.39, 0.29) is 17.5 Å². The number of aryl methyl sites for hydroxylation is 1. The summed E-state index contributed by atoms with van der Waals surface area (Å²) in [5, 5.41) is 16.3. The number of carboxylic acids is 1. The van der Waals surface area contributed by atoms with Crippen LogP contribution in [0.1, 0.15) is 28.9 Å². The fraction of sp³-hybridized carbons (Fsp3) is 0.583. The average Bonchev–Trinajstić information content (AvgIpc) is 2.72. The Labute approximate surface area is 111 Å². The maximum absolute atomic E-state index is 11.4. The highest BCUT2D eigenvalue weighted by atomic mass is 16.4. The van der Waals surface area contributed by atoms with E-state index in [0.29, 0.717) is 25.2 Å². The number of likely N-dealkylation sites (tertiary alicyclic amines) is 1. The summed E-state index contributed by atoms with van der Waals surface area (Å²) in [4.78, 5) is 24.1. The third kappa shape index (κ3) is 2.93. The lowest BCUT2D eigenvalue weighted by molar-refractivity contribution is -0.132. The molecule has 1 fully saturated rings. The zero-order valence-electron chi connectivity index (χ0n) is 11.1. The van der Waals surface area contributed by atoms with E-state index in [1.165, 1.54) is 6.20 Å². The van der Waals surface area contributed by atoms with Crippen LogP contribution in [0.15, 0.2) is 6.20 Å². The SMILES string of the molecule is CN1CC(NCc2c(C(=O)O)cnn2C)CCC1=O. The fourth-order valence-corrected chi connectivity index (χ4v) is 2.27. The van der Waals surface area contributed by atoms with Gasteiger partial charge in [-0.15, -0.1) is 0 Å². The molecule has 0 radical (unpaired) electrons. The minimum atomic E-state index is -0.971. The molecule has 0 spiro atoms. The van der Waals surface area contributed by atoms with Gasteiger partial charge in [0.1, 0.15) is 5.56 Å². The van der Waals surface area contributed by atoms with E-state index in [0.717, 1.165) is 6.42 Å². The zero-order chi connectivity index (χ0) is 14.0. The Hall–Kier alpha value is -1.89. The topological polar surface area (TPSA) is 87.5 Å². The van der Waals surface area contributed by atoms with Crippen LogP contribution in [0.4, 0.5) is 0 Å². The molecule has 2 heterocycles. The second-order valence-corrected chi connectivity index (χ2v) is 4.82. The Kier molecular flexibility index (Phi) is 3.84. The van der Waals surface area contributed by atoms with Crippen molar-refractivity contribution in [2.75, 3.05) is 13.6 Å². The molecule has 0 bridgehead atoms. The molecule has 7 nitrogen and oxygen atoms in total. The minimum Gasteiger partial charge on any atom is -0.478 e. The Balaban J connectivity index is 1.97. The number of carboxylic acid groups (broad SMARTS) is 1. The number of amides is 1. The minimum absolute atomic E-state index is 0.157. The van der Waals surface area contributed by atoms with Gasteiger partial charge in [-0.3, -0.25) is 9.48 Å². The van der Waals surface area contributed by atoms with Crippen LogP contribution in [0.5, 0.6) is 0 Å². The number of aromatic nitrogens is 2. The van der Waals surface area contributed by atoms with E-state index >= 15 is 0 Å². The molecule has 0 aliphatic carbocycles. The molecular formula is C12H18N4O3. The number of carbonyl (C=O) groups excluding carboxylic acids is 1. The summed E-state index contributed by atoms with van der Waals surface area (Å²) in [7, 11) is 3.50. The van der Waals surface area contributed by atoms with Gasteiger partial charge in [-0.1, -0.05) is 0 Å². The van der Waals surface area contributed by atoms with Crippen LogP contribution < -0.4 is 5.32 Å². The van der Waals surface area contributed by atoms with E-state index in [9.17, 15) is 9.59 Å². The van der Waals surface area contributed by atoms with Gasteiger partial charge in [-0.25, -0.2) is 4.79 Å². The number of piperidine rings is 1. The van der Waals surface area contributed by atoms with Crippen LogP contribution in [0.3, 0.4) is 0 Å². The lowest BCUT2D eigenvalue weighted by Gasteiger charge is -2.30. The van der Waals surface area contributed by atoms with Crippen LogP contribution in [0.25, 0.3) is 0 Å². The molecule has 1 unspecified atom stereocenters. The van der Waals surface area contributed by atoms with Crippen molar-refractivity contribution in [2.24, 2.45) is 7.05 Å². The van der Waals surface area contributed by atoms with Crippen molar-refractivity contribution in [1.82, 2.24) is 20.0 Å². The molecule has 1 aromatic rings. The maximum atomic E-state index is 11.4. The van der Waals surface area contributed by atoms with Gasteiger partial charge in [-0.2, -0.15) is 5.10 Å². The number of hydrogen-bond acceptors (Lipinski definition) is 4. The van der Waals surface area contributed by atoms with E-state index < -0.39 is 5.97 Å². The molecule has 1 aliphatic heterocycles. The Bertz CT molecular complexity index is 497. The Morgan fingerprint density at radius 3 is 2.95 bits per heavy atom. The first-order valence-corrected chi connectivity index (χ1v) is 6.20. The quantitative estimate of drug-likeness (QED) is 0.790. The monoisotopic (exact) mass is 266 g/mol. The first kappa shape index (κ1) is 13.5. The smallest absolute Gasteiger partial charge is 0.339 e. The number of aromatic carboxylic acids is 1. The van der Waals surface area contributed by atoms with E-state index in [1.54, 1.807) is 23.7 Å². The van der Waals surface area contributed by atoms with Crippen molar-refractivity contribution >= 4 is 11.9 Å². The van der Waals surface area contributed by atoms with Crippen LogP contribution in [-0.2, 0) is 18.4 Å². The van der Waals surface area contributed by atoms with Gasteiger partial charge in [0.15, 0.2) is 0 Å². The first-order chi connectivity index (χ1) is 8.99. The van der Waals surface area contributed by atoms with Crippen LogP contribution >= 0.6 is 0 Å². The summed E-state index contributed by atoms with van der Waals surface area (Å²) in [5.41, 5.74) is 0.863. The molecule has 1 aromatic heterocycles. The molecule has 0 aromatic carbocycles. The largest absolute Gasteiger partial charge is 0.478 e. The molecule has 1 amide bonds. The summed E-state index contributed by atoms with van der Waals surface area (Å²) in [6.07, 6.45) is 2.67. The molecule has 104 valence electrons. The molecule has 2 rings (SSSR count). The van der Waals surface area contributed by atoms with Gasteiger partial charge >= 0.3 is 5.97 Å². The molecule has 0 saturated carbocycles. The number of nitrogens with zero attached hydrogens (tertiary/aromatic N) is 3. The van der Waals surface area contributed by atoms with Crippen LogP contribution in [-0.4, -0.2) is 51.3 Å². The lowest BCUT2D eigenvalue weighted by Crippen LogP contribution is -2.46. The Morgan fingerprint density at radius 2 is 2.32 bits per heavy atom. The summed E-state index contributed by atoms with van der Waals surface area (Å²) in [5.74, 6) is -0.814. The average molecular weight is 266 g/mol. The number of carbonyl (C=O) groups is 2. The van der Waals surface area contributed by atoms with Gasteiger partial charge in [0.25, 0.3) is 0 Å². The van der Waals surface area contributed by atoms with Gasteiger partial charge in [0, 0.05) is 39.6 Å². The molecule has 2 N–H and O–H groups in total. The van der Waals surface area contributed by atoms with Crippen molar-refractivity contribution in [3.63, 3.8) is 0 Å². The number of likely N-dealkylation sites (N-methyl/N-ethyl adjacent to an activating group) is 1. The molecule has 1 aliphatic rings. The van der Waals surface area contributed by atoms with E-state index in [2.05, 4.69) is 10.4 Å². The highest BCUT2D eigenvalue weighted by Crippen LogP contribution is 2.12. The van der Waals surface area contributed by atoms with Crippen molar-refractivity contribution < 1.29 is 14.7 Å². The molecule has 7 heteroatoms. The summed E-state index contributed by atoms with van der Waals surface area (Å²) < 4.78 is 1.56. The van der Waals surface area contributed by atoms with Gasteiger partial charge in [0.2, 0.25) is 5.91 Å². The fourth-order valence-electron chi connectivity index (χ4n) is 2.27. The van der Waals surface area contributed by atoms with Gasteiger partial charge in [0.05, 0.1) is 11.9 Å². The normalized spacial score (nSPS) is 19.8. The van der Waals surface area contributed by atoms with Crippen molar-refractivity contribution in [3.8, 4) is 0 Å². The lowest BCUT2D eigenvalue weighted by atomic mass is 10.1. The first-order valence-electron chi connectivity index (χ1n) is 6.20. The van der Waals surface area contributed by atoms with Gasteiger partial charge < -0.3 is 15.3 Å². The van der Waals surface area contributed by atoms with Gasteiger partial charge in [-0.05, 0) is 6.42 Å². The number of rotatable bonds is 4. The highest BCUT2D eigenvalue weighted by molar-refractivity contribution is 5.88.